The zero-order valence-electron chi connectivity index (χ0n) is 12.4. The Bertz CT molecular complexity index is 423. The van der Waals surface area contributed by atoms with Crippen LogP contribution >= 0.6 is 0 Å². The molecule has 1 unspecified atom stereocenters. The molecule has 0 radical (unpaired) electrons. The van der Waals surface area contributed by atoms with Crippen molar-refractivity contribution < 1.29 is 9.13 Å². The first-order valence-corrected chi connectivity index (χ1v) is 7.06. The summed E-state index contributed by atoms with van der Waals surface area (Å²) in [6.07, 6.45) is 1.71. The summed E-state index contributed by atoms with van der Waals surface area (Å²) in [5, 5.41) is 6.37. The Morgan fingerprint density at radius 2 is 2.05 bits per heavy atom. The Balaban J connectivity index is 2.49. The summed E-state index contributed by atoms with van der Waals surface area (Å²) in [5.74, 6) is 0.694. The minimum atomic E-state index is -0.334. The maximum Gasteiger partial charge on any atom is 0.191 e. The number of nitrogens with one attached hydrogen (secondary N) is 2. The summed E-state index contributed by atoms with van der Waals surface area (Å²) in [5.41, 5.74) is 0. The molecule has 0 bridgehead atoms. The largest absolute Gasteiger partial charge is 0.486 e. The van der Waals surface area contributed by atoms with Crippen LogP contribution in [0.3, 0.4) is 0 Å². The summed E-state index contributed by atoms with van der Waals surface area (Å²) >= 11 is 0. The van der Waals surface area contributed by atoms with Crippen molar-refractivity contribution in [3.63, 3.8) is 0 Å². The van der Waals surface area contributed by atoms with E-state index in [9.17, 15) is 4.39 Å². The van der Waals surface area contributed by atoms with Gasteiger partial charge in [-0.1, -0.05) is 26.0 Å². The van der Waals surface area contributed by atoms with Crippen LogP contribution in [0.1, 0.15) is 26.7 Å². The van der Waals surface area contributed by atoms with Crippen LogP contribution in [-0.4, -0.2) is 32.2 Å². The van der Waals surface area contributed by atoms with Crippen LogP contribution in [0.2, 0.25) is 0 Å². The molecule has 1 aromatic rings. The van der Waals surface area contributed by atoms with Crippen molar-refractivity contribution in [2.24, 2.45) is 4.99 Å². The van der Waals surface area contributed by atoms with Gasteiger partial charge < -0.3 is 15.4 Å². The topological polar surface area (TPSA) is 45.7 Å². The normalized spacial score (nSPS) is 12.9. The molecule has 0 heterocycles. The second-order valence-electron chi connectivity index (χ2n) is 4.46. The third-order valence-corrected chi connectivity index (χ3v) is 2.85. The average Bonchev–Trinajstić information content (AvgIpc) is 2.48. The lowest BCUT2D eigenvalue weighted by Crippen LogP contribution is -2.42. The fourth-order valence-electron chi connectivity index (χ4n) is 1.66. The number of ether oxygens (including phenoxy) is 1. The zero-order valence-corrected chi connectivity index (χ0v) is 12.4. The third-order valence-electron chi connectivity index (χ3n) is 2.85. The fraction of sp³-hybridized carbons (Fsp3) is 0.533. The molecule has 5 heteroatoms. The van der Waals surface area contributed by atoms with Crippen LogP contribution in [0.25, 0.3) is 0 Å². The van der Waals surface area contributed by atoms with Crippen molar-refractivity contribution in [3.8, 4) is 5.75 Å². The molecule has 0 saturated heterocycles. The number of nitrogens with zero attached hydrogens (tertiary/aromatic N) is 1. The Morgan fingerprint density at radius 3 is 2.65 bits per heavy atom. The van der Waals surface area contributed by atoms with E-state index < -0.39 is 0 Å². The Kier molecular flexibility index (Phi) is 7.47. The molecule has 20 heavy (non-hydrogen) atoms. The molecule has 0 aromatic heterocycles. The zero-order chi connectivity index (χ0) is 14.8. The first-order chi connectivity index (χ1) is 9.71. The fourth-order valence-corrected chi connectivity index (χ4v) is 1.66. The van der Waals surface area contributed by atoms with E-state index in [0.29, 0.717) is 6.54 Å². The molecule has 112 valence electrons. The molecule has 1 rings (SSSR count). The number of benzene rings is 1. The Labute approximate surface area is 120 Å². The summed E-state index contributed by atoms with van der Waals surface area (Å²) in [4.78, 5) is 4.12. The predicted molar refractivity (Wildman–Crippen MR) is 80.8 cm³/mol. The summed E-state index contributed by atoms with van der Waals surface area (Å²) in [7, 11) is 1.73. The van der Waals surface area contributed by atoms with Crippen molar-refractivity contribution in [1.29, 1.82) is 0 Å². The molecule has 0 aliphatic heterocycles. The molecule has 1 atom stereocenters. The number of hydrogen-bond donors (Lipinski definition) is 2. The van der Waals surface area contributed by atoms with Crippen LogP contribution in [0.15, 0.2) is 29.3 Å². The van der Waals surface area contributed by atoms with Gasteiger partial charge >= 0.3 is 0 Å². The number of para-hydroxylation sites is 1. The molecule has 2 N–H and O–H groups in total. The minimum Gasteiger partial charge on any atom is -0.486 e. The van der Waals surface area contributed by atoms with Crippen molar-refractivity contribution in [3.05, 3.63) is 30.1 Å². The lowest BCUT2D eigenvalue weighted by atomic mass is 10.2. The minimum absolute atomic E-state index is 0.105. The molecule has 4 nitrogen and oxygen atoms in total. The molecule has 0 saturated carbocycles. The quantitative estimate of drug-likeness (QED) is 0.596. The van der Waals surface area contributed by atoms with E-state index in [1.165, 1.54) is 6.07 Å². The second kappa shape index (κ2) is 9.18. The van der Waals surface area contributed by atoms with Gasteiger partial charge in [-0.15, -0.1) is 0 Å². The maximum absolute atomic E-state index is 13.5. The SMILES string of the molecule is CCCNC(=NC)NCC(CC)Oc1ccccc1F. The van der Waals surface area contributed by atoms with Gasteiger partial charge in [0.2, 0.25) is 0 Å². The summed E-state index contributed by atoms with van der Waals surface area (Å²) in [6, 6.07) is 6.46. The molecular weight excluding hydrogens is 257 g/mol. The van der Waals surface area contributed by atoms with Gasteiger partial charge in [0.05, 0.1) is 6.54 Å². The van der Waals surface area contributed by atoms with E-state index in [-0.39, 0.29) is 17.7 Å². The number of guanidine groups is 1. The van der Waals surface area contributed by atoms with Crippen LogP contribution < -0.4 is 15.4 Å². The molecule has 0 aliphatic rings. The number of hydrogen-bond acceptors (Lipinski definition) is 2. The van der Waals surface area contributed by atoms with E-state index >= 15 is 0 Å². The Hall–Kier alpha value is -1.78. The van der Waals surface area contributed by atoms with Gasteiger partial charge in [0.25, 0.3) is 0 Å². The highest BCUT2D eigenvalue weighted by Crippen LogP contribution is 2.17. The highest BCUT2D eigenvalue weighted by molar-refractivity contribution is 5.79. The monoisotopic (exact) mass is 281 g/mol. The smallest absolute Gasteiger partial charge is 0.191 e. The highest BCUT2D eigenvalue weighted by atomic mass is 19.1. The summed E-state index contributed by atoms with van der Waals surface area (Å²) in [6.45, 7) is 5.55. The Morgan fingerprint density at radius 1 is 1.30 bits per heavy atom. The molecule has 0 fully saturated rings. The van der Waals surface area contributed by atoms with Crippen LogP contribution in [0.5, 0.6) is 5.75 Å². The van der Waals surface area contributed by atoms with Crippen molar-refractivity contribution in [2.45, 2.75) is 32.8 Å². The van der Waals surface area contributed by atoms with Gasteiger partial charge in [-0.2, -0.15) is 0 Å². The van der Waals surface area contributed by atoms with E-state index in [1.807, 2.05) is 6.92 Å². The summed E-state index contributed by atoms with van der Waals surface area (Å²) < 4.78 is 19.2. The molecular formula is C15H24FN3O. The third kappa shape index (κ3) is 5.47. The van der Waals surface area contributed by atoms with Gasteiger partial charge in [0, 0.05) is 13.6 Å². The van der Waals surface area contributed by atoms with Crippen LogP contribution in [-0.2, 0) is 0 Å². The highest BCUT2D eigenvalue weighted by Gasteiger charge is 2.11. The van der Waals surface area contributed by atoms with Gasteiger partial charge in [0.15, 0.2) is 17.5 Å². The van der Waals surface area contributed by atoms with Gasteiger partial charge in [0.1, 0.15) is 6.10 Å². The molecule has 1 aromatic carbocycles. The molecule has 0 aliphatic carbocycles. The second-order valence-corrected chi connectivity index (χ2v) is 4.46. The molecule has 0 amide bonds. The molecule has 0 spiro atoms. The van der Waals surface area contributed by atoms with Gasteiger partial charge in [-0.05, 0) is 25.0 Å². The van der Waals surface area contributed by atoms with E-state index in [4.69, 9.17) is 4.74 Å². The van der Waals surface area contributed by atoms with Crippen molar-refractivity contribution >= 4 is 5.96 Å². The lowest BCUT2D eigenvalue weighted by molar-refractivity contribution is 0.191. The lowest BCUT2D eigenvalue weighted by Gasteiger charge is -2.20. The van der Waals surface area contributed by atoms with Crippen LogP contribution in [0.4, 0.5) is 4.39 Å². The maximum atomic E-state index is 13.5. The van der Waals surface area contributed by atoms with E-state index in [1.54, 1.807) is 25.2 Å². The first kappa shape index (κ1) is 16.3. The van der Waals surface area contributed by atoms with Crippen molar-refractivity contribution in [1.82, 2.24) is 10.6 Å². The van der Waals surface area contributed by atoms with Crippen molar-refractivity contribution in [2.75, 3.05) is 20.1 Å². The van der Waals surface area contributed by atoms with Crippen LogP contribution in [0, 0.1) is 5.82 Å². The van der Waals surface area contributed by atoms with E-state index in [0.717, 1.165) is 25.3 Å². The number of aliphatic imine (C=N–C) groups is 1. The van der Waals surface area contributed by atoms with E-state index in [2.05, 4.69) is 22.5 Å². The number of rotatable bonds is 7. The predicted octanol–water partition coefficient (Wildman–Crippen LogP) is 2.56. The average molecular weight is 281 g/mol. The van der Waals surface area contributed by atoms with Gasteiger partial charge in [-0.25, -0.2) is 4.39 Å². The van der Waals surface area contributed by atoms with Gasteiger partial charge in [-0.3, -0.25) is 4.99 Å². The first-order valence-electron chi connectivity index (χ1n) is 7.06. The number of halogens is 1. The standard InChI is InChI=1S/C15H24FN3O/c1-4-10-18-15(17-3)19-11-12(5-2)20-14-9-7-6-8-13(14)16/h6-9,12H,4-5,10-11H2,1-3H3,(H2,17,18,19).